The molecule has 0 aliphatic carbocycles. The molecule has 0 bridgehead atoms. The van der Waals surface area contributed by atoms with Gasteiger partial charge in [0.2, 0.25) is 0 Å². The van der Waals surface area contributed by atoms with E-state index in [1.807, 2.05) is 21.1 Å². The molecule has 0 amide bonds. The molecular formula is C52H102NO7P. The third kappa shape index (κ3) is 49.8. The van der Waals surface area contributed by atoms with Crippen molar-refractivity contribution >= 4 is 13.8 Å². The maximum Gasteiger partial charge on any atom is 0.306 e. The van der Waals surface area contributed by atoms with Crippen molar-refractivity contribution in [1.29, 1.82) is 0 Å². The third-order valence-electron chi connectivity index (χ3n) is 11.5. The molecule has 0 aromatic heterocycles. The number of carbonyl (C=O) groups excluding carboxylic acids is 1. The molecule has 0 rings (SSSR count). The highest BCUT2D eigenvalue weighted by molar-refractivity contribution is 7.45. The van der Waals surface area contributed by atoms with E-state index in [9.17, 15) is 14.3 Å². The van der Waals surface area contributed by atoms with Crippen LogP contribution in [0, 0.1) is 0 Å². The highest BCUT2D eigenvalue weighted by atomic mass is 31.2. The topological polar surface area (TPSA) is 94.1 Å². The Balaban J connectivity index is 4.03. The molecule has 0 fully saturated rings. The van der Waals surface area contributed by atoms with Gasteiger partial charge in [-0.05, 0) is 38.5 Å². The van der Waals surface area contributed by atoms with Crippen LogP contribution in [0.15, 0.2) is 24.3 Å². The highest BCUT2D eigenvalue weighted by Gasteiger charge is 2.20. The van der Waals surface area contributed by atoms with E-state index >= 15 is 0 Å². The molecule has 0 saturated carbocycles. The Morgan fingerprint density at radius 3 is 1.38 bits per heavy atom. The molecule has 0 aromatic rings. The molecule has 8 nitrogen and oxygen atoms in total. The minimum atomic E-state index is -4.53. The van der Waals surface area contributed by atoms with Crippen molar-refractivity contribution in [2.75, 3.05) is 54.1 Å². The number of carbonyl (C=O) groups is 1. The number of nitrogens with zero attached hydrogens (tertiary/aromatic N) is 1. The summed E-state index contributed by atoms with van der Waals surface area (Å²) >= 11 is 0. The number of unbranched alkanes of at least 4 members (excludes halogenated alkanes) is 31. The summed E-state index contributed by atoms with van der Waals surface area (Å²) in [6.07, 6.45) is 53.6. The third-order valence-corrected chi connectivity index (χ3v) is 12.5. The van der Waals surface area contributed by atoms with Crippen LogP contribution in [-0.2, 0) is 27.9 Å². The number of likely N-dealkylation sites (N-methyl/N-ethyl adjacent to an activating group) is 1. The second kappa shape index (κ2) is 45.5. The van der Waals surface area contributed by atoms with E-state index < -0.39 is 13.9 Å². The average molecular weight is 884 g/mol. The van der Waals surface area contributed by atoms with Crippen molar-refractivity contribution in [2.45, 2.75) is 251 Å². The second-order valence-electron chi connectivity index (χ2n) is 18.9. The summed E-state index contributed by atoms with van der Waals surface area (Å²) in [5.74, 6) is -0.344. The zero-order valence-corrected chi connectivity index (χ0v) is 42.0. The standard InChI is InChI=1S/C52H102NO7P/c1-6-8-10-12-14-16-18-20-22-23-24-25-26-27-28-29-30-31-32-34-36-38-40-42-44-47-57-49-51(50-59-61(55,56)58-48-46-53(3,4)5)60-52(54)45-43-41-39-37-35-33-21-19-17-15-13-11-9-7-2/h13,15,19,21,51H,6-12,14,16-18,20,22-50H2,1-5H3/b15-13-,21-19-. The molecule has 2 atom stereocenters. The number of hydrogen-bond acceptors (Lipinski definition) is 7. The lowest BCUT2D eigenvalue weighted by Crippen LogP contribution is -2.37. The van der Waals surface area contributed by atoms with Gasteiger partial charge in [-0.2, -0.15) is 0 Å². The van der Waals surface area contributed by atoms with E-state index in [1.54, 1.807) is 0 Å². The number of quaternary nitrogens is 1. The molecule has 0 aliphatic rings. The number of ether oxygens (including phenoxy) is 2. The molecule has 9 heteroatoms. The minimum Gasteiger partial charge on any atom is -0.756 e. The van der Waals surface area contributed by atoms with Crippen LogP contribution in [0.2, 0.25) is 0 Å². The summed E-state index contributed by atoms with van der Waals surface area (Å²) in [7, 11) is 1.36. The fraction of sp³-hybridized carbons (Fsp3) is 0.904. The zero-order valence-electron chi connectivity index (χ0n) is 41.1. The molecular weight excluding hydrogens is 782 g/mol. The first-order chi connectivity index (χ1) is 29.6. The molecule has 362 valence electrons. The Kier molecular flexibility index (Phi) is 44.8. The van der Waals surface area contributed by atoms with Crippen molar-refractivity contribution in [2.24, 2.45) is 0 Å². The van der Waals surface area contributed by atoms with Gasteiger partial charge in [-0.3, -0.25) is 9.36 Å². The van der Waals surface area contributed by atoms with Crippen LogP contribution in [0.5, 0.6) is 0 Å². The van der Waals surface area contributed by atoms with Crippen LogP contribution < -0.4 is 4.89 Å². The monoisotopic (exact) mass is 884 g/mol. The maximum absolute atomic E-state index is 12.7. The minimum absolute atomic E-state index is 0.0254. The molecule has 2 unspecified atom stereocenters. The van der Waals surface area contributed by atoms with E-state index in [2.05, 4.69) is 38.2 Å². The van der Waals surface area contributed by atoms with E-state index in [1.165, 1.54) is 167 Å². The van der Waals surface area contributed by atoms with E-state index in [0.29, 0.717) is 24.1 Å². The van der Waals surface area contributed by atoms with Crippen LogP contribution in [0.4, 0.5) is 0 Å². The smallest absolute Gasteiger partial charge is 0.306 e. The number of rotatable bonds is 49. The number of hydrogen-bond donors (Lipinski definition) is 0. The first-order valence-electron chi connectivity index (χ1n) is 26.1. The lowest BCUT2D eigenvalue weighted by Gasteiger charge is -2.28. The first kappa shape index (κ1) is 60.0. The van der Waals surface area contributed by atoms with E-state index in [0.717, 1.165) is 57.8 Å². The second-order valence-corrected chi connectivity index (χ2v) is 20.3. The number of phosphoric ester groups is 1. The van der Waals surface area contributed by atoms with Gasteiger partial charge < -0.3 is 27.9 Å². The SMILES string of the molecule is CCCC/C=C\C/C=C\CCCCCCCC(=O)OC(COCCCCCCCCCCCCCCCCCCCCCCCCCCC)COP(=O)([O-])OCC[N+](C)(C)C. The predicted octanol–water partition coefficient (Wildman–Crippen LogP) is 15.3. The van der Waals surface area contributed by atoms with Gasteiger partial charge in [0.15, 0.2) is 0 Å². The molecule has 0 heterocycles. The summed E-state index contributed by atoms with van der Waals surface area (Å²) in [5, 5.41) is 0. The van der Waals surface area contributed by atoms with Crippen molar-refractivity contribution in [3.05, 3.63) is 24.3 Å². The van der Waals surface area contributed by atoms with Crippen molar-refractivity contribution in [3.8, 4) is 0 Å². The van der Waals surface area contributed by atoms with Crippen LogP contribution in [0.3, 0.4) is 0 Å². The number of esters is 1. The summed E-state index contributed by atoms with van der Waals surface area (Å²) < 4.78 is 34.7. The largest absolute Gasteiger partial charge is 0.756 e. The van der Waals surface area contributed by atoms with Gasteiger partial charge in [0, 0.05) is 13.0 Å². The van der Waals surface area contributed by atoms with Crippen LogP contribution in [0.25, 0.3) is 0 Å². The molecule has 0 spiro atoms. The van der Waals surface area contributed by atoms with Gasteiger partial charge in [0.1, 0.15) is 19.3 Å². The van der Waals surface area contributed by atoms with E-state index in [4.69, 9.17) is 18.5 Å². The molecule has 0 aliphatic heterocycles. The lowest BCUT2D eigenvalue weighted by molar-refractivity contribution is -0.870. The molecule has 0 aromatic carbocycles. The summed E-state index contributed by atoms with van der Waals surface area (Å²) in [6, 6.07) is 0. The van der Waals surface area contributed by atoms with Gasteiger partial charge in [-0.1, -0.05) is 224 Å². The Hall–Kier alpha value is -1.02. The maximum atomic E-state index is 12.7. The number of phosphoric acid groups is 1. The van der Waals surface area contributed by atoms with Crippen molar-refractivity contribution < 1.29 is 37.3 Å². The summed E-state index contributed by atoms with van der Waals surface area (Å²) in [4.78, 5) is 25.1. The van der Waals surface area contributed by atoms with Gasteiger partial charge in [0.05, 0.1) is 34.4 Å². The van der Waals surface area contributed by atoms with Crippen LogP contribution in [0.1, 0.15) is 245 Å². The average Bonchev–Trinajstić information content (AvgIpc) is 3.22. The Morgan fingerprint density at radius 1 is 0.508 bits per heavy atom. The zero-order chi connectivity index (χ0) is 44.8. The van der Waals surface area contributed by atoms with Crippen molar-refractivity contribution in [3.63, 3.8) is 0 Å². The van der Waals surface area contributed by atoms with Gasteiger partial charge in [-0.15, -0.1) is 0 Å². The fourth-order valence-electron chi connectivity index (χ4n) is 7.45. The highest BCUT2D eigenvalue weighted by Crippen LogP contribution is 2.38. The molecule has 61 heavy (non-hydrogen) atoms. The lowest BCUT2D eigenvalue weighted by atomic mass is 10.0. The fourth-order valence-corrected chi connectivity index (χ4v) is 8.18. The van der Waals surface area contributed by atoms with Gasteiger partial charge in [-0.25, -0.2) is 0 Å². The Bertz CT molecular complexity index is 1030. The summed E-state index contributed by atoms with van der Waals surface area (Å²) in [6.45, 7) is 5.40. The quantitative estimate of drug-likeness (QED) is 0.0197. The number of allylic oxidation sites excluding steroid dienone is 4. The van der Waals surface area contributed by atoms with E-state index in [-0.39, 0.29) is 25.8 Å². The van der Waals surface area contributed by atoms with Gasteiger partial charge in [0.25, 0.3) is 7.82 Å². The predicted molar refractivity (Wildman–Crippen MR) is 259 cm³/mol. The first-order valence-corrected chi connectivity index (χ1v) is 27.5. The summed E-state index contributed by atoms with van der Waals surface area (Å²) in [5.41, 5.74) is 0. The van der Waals surface area contributed by atoms with Gasteiger partial charge >= 0.3 is 5.97 Å². The Labute approximate surface area is 379 Å². The molecule has 0 saturated heterocycles. The van der Waals surface area contributed by atoms with Crippen molar-refractivity contribution in [1.82, 2.24) is 0 Å². The van der Waals surface area contributed by atoms with Crippen LogP contribution >= 0.6 is 7.82 Å². The normalized spacial score (nSPS) is 13.7. The van der Waals surface area contributed by atoms with Crippen LogP contribution in [-0.4, -0.2) is 70.7 Å². The molecule has 0 radical (unpaired) electrons. The Morgan fingerprint density at radius 2 is 0.918 bits per heavy atom. The molecule has 0 N–H and O–H groups in total.